The third-order valence-corrected chi connectivity index (χ3v) is 6.26. The van der Waals surface area contributed by atoms with Gasteiger partial charge in [0.05, 0.1) is 12.8 Å². The molecule has 0 aliphatic carbocycles. The van der Waals surface area contributed by atoms with E-state index in [1.807, 2.05) is 24.3 Å². The maximum absolute atomic E-state index is 12.8. The molecule has 24 heavy (non-hydrogen) atoms. The lowest BCUT2D eigenvalue weighted by molar-refractivity contribution is 0.384. The molecule has 8 heteroatoms. The lowest BCUT2D eigenvalue weighted by atomic mass is 10.2. The molecule has 0 saturated carbocycles. The van der Waals surface area contributed by atoms with Crippen LogP contribution in [0.25, 0.3) is 0 Å². The Labute approximate surface area is 142 Å². The van der Waals surface area contributed by atoms with Crippen LogP contribution in [0.2, 0.25) is 0 Å². The monoisotopic (exact) mass is 350 g/mol. The first-order valence-corrected chi connectivity index (χ1v) is 9.25. The Morgan fingerprint density at radius 3 is 2.21 bits per heavy atom. The van der Waals surface area contributed by atoms with Crippen LogP contribution in [0.5, 0.6) is 5.75 Å². The van der Waals surface area contributed by atoms with Gasteiger partial charge in [-0.1, -0.05) is 0 Å². The van der Waals surface area contributed by atoms with Crippen LogP contribution in [0.4, 0.5) is 5.69 Å². The van der Waals surface area contributed by atoms with E-state index in [0.717, 1.165) is 11.4 Å². The summed E-state index contributed by atoms with van der Waals surface area (Å²) in [6, 6.07) is 7.82. The molecule has 1 aromatic carbocycles. The second-order valence-corrected chi connectivity index (χ2v) is 7.75. The van der Waals surface area contributed by atoms with Crippen molar-refractivity contribution in [2.75, 3.05) is 38.2 Å². The molecule has 2 aromatic rings. The Kier molecular flexibility index (Phi) is 4.51. The summed E-state index contributed by atoms with van der Waals surface area (Å²) in [5, 5.41) is 4.14. The molecule has 0 bridgehead atoms. The Bertz CT molecular complexity index is 806. The van der Waals surface area contributed by atoms with Crippen LogP contribution in [0, 0.1) is 6.92 Å². The second kappa shape index (κ2) is 6.45. The van der Waals surface area contributed by atoms with Gasteiger partial charge in [0, 0.05) is 45.1 Å². The Morgan fingerprint density at radius 1 is 1.08 bits per heavy atom. The number of sulfonamides is 1. The van der Waals surface area contributed by atoms with E-state index in [2.05, 4.69) is 10.00 Å². The molecule has 0 amide bonds. The van der Waals surface area contributed by atoms with Gasteiger partial charge in [0.15, 0.2) is 0 Å². The van der Waals surface area contributed by atoms with Crippen molar-refractivity contribution in [3.05, 3.63) is 36.2 Å². The highest BCUT2D eigenvalue weighted by atomic mass is 32.2. The molecule has 0 N–H and O–H groups in total. The van der Waals surface area contributed by atoms with E-state index >= 15 is 0 Å². The van der Waals surface area contributed by atoms with Gasteiger partial charge in [-0.2, -0.15) is 9.40 Å². The van der Waals surface area contributed by atoms with Crippen LogP contribution in [-0.4, -0.2) is 55.8 Å². The smallest absolute Gasteiger partial charge is 0.246 e. The van der Waals surface area contributed by atoms with Crippen molar-refractivity contribution in [2.45, 2.75) is 11.8 Å². The predicted molar refractivity (Wildman–Crippen MR) is 91.9 cm³/mol. The van der Waals surface area contributed by atoms with Crippen molar-refractivity contribution in [3.63, 3.8) is 0 Å². The van der Waals surface area contributed by atoms with Crippen molar-refractivity contribution in [1.82, 2.24) is 14.1 Å². The average molecular weight is 350 g/mol. The van der Waals surface area contributed by atoms with Crippen molar-refractivity contribution in [1.29, 1.82) is 0 Å². The third-order valence-electron chi connectivity index (χ3n) is 4.26. The van der Waals surface area contributed by atoms with E-state index in [0.29, 0.717) is 36.8 Å². The number of ether oxygens (including phenoxy) is 1. The highest BCUT2D eigenvalue weighted by Gasteiger charge is 2.31. The lowest BCUT2D eigenvalue weighted by Crippen LogP contribution is -2.48. The lowest BCUT2D eigenvalue weighted by Gasteiger charge is -2.35. The SMILES string of the molecule is COc1ccc(N2CCN(S(=O)(=O)c3cn(C)nc3C)CC2)cc1. The van der Waals surface area contributed by atoms with E-state index in [4.69, 9.17) is 4.74 Å². The molecular weight excluding hydrogens is 328 g/mol. The van der Waals surface area contributed by atoms with Gasteiger partial charge in [-0.15, -0.1) is 0 Å². The van der Waals surface area contributed by atoms with Gasteiger partial charge in [0.25, 0.3) is 0 Å². The predicted octanol–water partition coefficient (Wildman–Crippen LogP) is 1.25. The van der Waals surface area contributed by atoms with Gasteiger partial charge in [0.1, 0.15) is 10.6 Å². The van der Waals surface area contributed by atoms with Gasteiger partial charge in [-0.05, 0) is 31.2 Å². The van der Waals surface area contributed by atoms with Crippen LogP contribution in [-0.2, 0) is 17.1 Å². The number of hydrogen-bond acceptors (Lipinski definition) is 5. The number of rotatable bonds is 4. The summed E-state index contributed by atoms with van der Waals surface area (Å²) < 4.78 is 33.8. The molecule has 7 nitrogen and oxygen atoms in total. The van der Waals surface area contributed by atoms with Gasteiger partial charge in [0.2, 0.25) is 10.0 Å². The number of methoxy groups -OCH3 is 1. The zero-order valence-electron chi connectivity index (χ0n) is 14.1. The van der Waals surface area contributed by atoms with Gasteiger partial charge in [-0.25, -0.2) is 8.42 Å². The molecule has 0 atom stereocenters. The van der Waals surface area contributed by atoms with Gasteiger partial charge >= 0.3 is 0 Å². The third kappa shape index (κ3) is 3.11. The number of aromatic nitrogens is 2. The first-order valence-electron chi connectivity index (χ1n) is 7.81. The van der Waals surface area contributed by atoms with Crippen LogP contribution < -0.4 is 9.64 Å². The van der Waals surface area contributed by atoms with E-state index < -0.39 is 10.0 Å². The minimum Gasteiger partial charge on any atom is -0.497 e. The summed E-state index contributed by atoms with van der Waals surface area (Å²) in [5.74, 6) is 0.812. The first-order chi connectivity index (χ1) is 11.4. The Morgan fingerprint density at radius 2 is 1.71 bits per heavy atom. The summed E-state index contributed by atoms with van der Waals surface area (Å²) in [7, 11) is -0.117. The normalized spacial score (nSPS) is 16.4. The maximum Gasteiger partial charge on any atom is 0.246 e. The molecule has 0 radical (unpaired) electrons. The largest absolute Gasteiger partial charge is 0.497 e. The molecule has 1 aromatic heterocycles. The van der Waals surface area contributed by atoms with Crippen molar-refractivity contribution in [2.24, 2.45) is 7.05 Å². The topological polar surface area (TPSA) is 67.7 Å². The molecule has 1 fully saturated rings. The Hall–Kier alpha value is -2.06. The zero-order chi connectivity index (χ0) is 17.3. The zero-order valence-corrected chi connectivity index (χ0v) is 15.0. The molecule has 0 unspecified atom stereocenters. The molecule has 1 aliphatic rings. The van der Waals surface area contributed by atoms with Crippen LogP contribution in [0.1, 0.15) is 5.69 Å². The highest BCUT2D eigenvalue weighted by Crippen LogP contribution is 2.24. The summed E-state index contributed by atoms with van der Waals surface area (Å²) in [4.78, 5) is 2.48. The van der Waals surface area contributed by atoms with Crippen molar-refractivity contribution < 1.29 is 13.2 Å². The first kappa shape index (κ1) is 16.8. The standard InChI is InChI=1S/C16H22N4O3S/c1-13-16(12-18(2)17-13)24(21,22)20-10-8-19(9-11-20)14-4-6-15(23-3)7-5-14/h4-7,12H,8-11H2,1-3H3. The van der Waals surface area contributed by atoms with E-state index in [1.165, 1.54) is 8.99 Å². The Balaban J connectivity index is 1.71. The van der Waals surface area contributed by atoms with Crippen LogP contribution >= 0.6 is 0 Å². The molecule has 1 saturated heterocycles. The van der Waals surface area contributed by atoms with Crippen molar-refractivity contribution in [3.8, 4) is 5.75 Å². The minimum absolute atomic E-state index is 0.294. The summed E-state index contributed by atoms with van der Waals surface area (Å²) in [5.41, 5.74) is 1.61. The minimum atomic E-state index is -3.48. The quantitative estimate of drug-likeness (QED) is 0.830. The number of benzene rings is 1. The van der Waals surface area contributed by atoms with E-state index in [-0.39, 0.29) is 0 Å². The molecule has 0 spiro atoms. The van der Waals surface area contributed by atoms with E-state index in [9.17, 15) is 8.42 Å². The van der Waals surface area contributed by atoms with E-state index in [1.54, 1.807) is 27.3 Å². The fourth-order valence-corrected chi connectivity index (χ4v) is 4.57. The van der Waals surface area contributed by atoms with Gasteiger partial charge < -0.3 is 9.64 Å². The molecule has 3 rings (SSSR count). The highest BCUT2D eigenvalue weighted by molar-refractivity contribution is 7.89. The fourth-order valence-electron chi connectivity index (χ4n) is 2.95. The number of nitrogens with zero attached hydrogens (tertiary/aromatic N) is 4. The van der Waals surface area contributed by atoms with Gasteiger partial charge in [-0.3, -0.25) is 4.68 Å². The number of aryl methyl sites for hydroxylation is 2. The summed E-state index contributed by atoms with van der Waals surface area (Å²) in [6.07, 6.45) is 1.57. The fraction of sp³-hybridized carbons (Fsp3) is 0.438. The second-order valence-electron chi connectivity index (χ2n) is 5.84. The number of anilines is 1. The number of hydrogen-bond donors (Lipinski definition) is 0. The molecule has 130 valence electrons. The molecule has 2 heterocycles. The molecule has 1 aliphatic heterocycles. The summed E-state index contributed by atoms with van der Waals surface area (Å²) in [6.45, 7) is 3.96. The van der Waals surface area contributed by atoms with Crippen molar-refractivity contribution >= 4 is 15.7 Å². The number of piperazine rings is 1. The van der Waals surface area contributed by atoms with Crippen LogP contribution in [0.15, 0.2) is 35.4 Å². The van der Waals surface area contributed by atoms with Crippen LogP contribution in [0.3, 0.4) is 0 Å². The average Bonchev–Trinajstić information content (AvgIpc) is 2.94. The molecular formula is C16H22N4O3S. The summed E-state index contributed by atoms with van der Waals surface area (Å²) >= 11 is 0. The maximum atomic E-state index is 12.8.